The van der Waals surface area contributed by atoms with Gasteiger partial charge in [-0.2, -0.15) is 0 Å². The maximum absolute atomic E-state index is 5.84. The van der Waals surface area contributed by atoms with Crippen molar-refractivity contribution in [3.63, 3.8) is 0 Å². The summed E-state index contributed by atoms with van der Waals surface area (Å²) < 4.78 is 5.19. The molecule has 19 heavy (non-hydrogen) atoms. The van der Waals surface area contributed by atoms with Crippen molar-refractivity contribution in [3.05, 3.63) is 29.8 Å². The van der Waals surface area contributed by atoms with Gasteiger partial charge in [0.2, 0.25) is 0 Å². The number of hydrogen-bond acceptors (Lipinski definition) is 3. The quantitative estimate of drug-likeness (QED) is 0.784. The first-order valence-corrected chi connectivity index (χ1v) is 7.06. The average Bonchev–Trinajstić information content (AvgIpc) is 2.39. The first-order valence-electron chi connectivity index (χ1n) is 7.06. The molecule has 1 aromatic carbocycles. The molecule has 0 amide bonds. The third-order valence-electron chi connectivity index (χ3n) is 3.31. The largest absolute Gasteiger partial charge is 0.497 e. The Morgan fingerprint density at radius 2 is 1.84 bits per heavy atom. The molecule has 3 nitrogen and oxygen atoms in total. The first kappa shape index (κ1) is 16.0. The molecular weight excluding hydrogens is 236 g/mol. The monoisotopic (exact) mass is 264 g/mol. The van der Waals surface area contributed by atoms with E-state index in [1.807, 2.05) is 12.1 Å². The molecule has 0 heterocycles. The van der Waals surface area contributed by atoms with Crippen LogP contribution in [0, 0.1) is 5.41 Å². The van der Waals surface area contributed by atoms with Crippen LogP contribution in [0.15, 0.2) is 24.3 Å². The summed E-state index contributed by atoms with van der Waals surface area (Å²) in [6.45, 7) is 10.5. The highest BCUT2D eigenvalue weighted by molar-refractivity contribution is 5.27. The van der Waals surface area contributed by atoms with Crippen molar-refractivity contribution in [2.45, 2.75) is 33.7 Å². The Hall–Kier alpha value is -1.06. The Morgan fingerprint density at radius 1 is 1.21 bits per heavy atom. The topological polar surface area (TPSA) is 38.5 Å². The van der Waals surface area contributed by atoms with E-state index < -0.39 is 0 Å². The minimum atomic E-state index is 0.168. The molecule has 0 aliphatic rings. The minimum Gasteiger partial charge on any atom is -0.497 e. The SMILES string of the molecule is CCCN(Cc1ccc(OC)cc1)CC(C)(C)CN. The molecule has 0 unspecified atom stereocenters. The predicted octanol–water partition coefficient (Wildman–Crippen LogP) is 2.89. The highest BCUT2D eigenvalue weighted by Crippen LogP contribution is 2.18. The van der Waals surface area contributed by atoms with Gasteiger partial charge in [-0.15, -0.1) is 0 Å². The van der Waals surface area contributed by atoms with Crippen LogP contribution in [0.3, 0.4) is 0 Å². The molecule has 1 aromatic rings. The highest BCUT2D eigenvalue weighted by Gasteiger charge is 2.19. The molecule has 0 saturated heterocycles. The second-order valence-corrected chi connectivity index (χ2v) is 5.93. The van der Waals surface area contributed by atoms with Crippen LogP contribution in [0.5, 0.6) is 5.75 Å². The van der Waals surface area contributed by atoms with Gasteiger partial charge in [0.05, 0.1) is 7.11 Å². The predicted molar refractivity (Wildman–Crippen MR) is 81.4 cm³/mol. The number of ether oxygens (including phenoxy) is 1. The van der Waals surface area contributed by atoms with Gasteiger partial charge in [0.25, 0.3) is 0 Å². The molecule has 0 saturated carbocycles. The maximum Gasteiger partial charge on any atom is 0.118 e. The van der Waals surface area contributed by atoms with Crippen molar-refractivity contribution in [2.75, 3.05) is 26.7 Å². The third-order valence-corrected chi connectivity index (χ3v) is 3.31. The van der Waals surface area contributed by atoms with Gasteiger partial charge in [0.1, 0.15) is 5.75 Å². The highest BCUT2D eigenvalue weighted by atomic mass is 16.5. The van der Waals surface area contributed by atoms with Crippen LogP contribution in [-0.4, -0.2) is 31.6 Å². The van der Waals surface area contributed by atoms with Gasteiger partial charge >= 0.3 is 0 Å². The van der Waals surface area contributed by atoms with E-state index in [1.54, 1.807) is 7.11 Å². The normalized spacial score (nSPS) is 11.9. The molecule has 0 atom stereocenters. The Kier molecular flexibility index (Phi) is 6.32. The van der Waals surface area contributed by atoms with E-state index in [-0.39, 0.29) is 5.41 Å². The van der Waals surface area contributed by atoms with E-state index in [9.17, 15) is 0 Å². The molecule has 3 heteroatoms. The fourth-order valence-electron chi connectivity index (χ4n) is 2.19. The zero-order valence-electron chi connectivity index (χ0n) is 12.8. The van der Waals surface area contributed by atoms with Crippen LogP contribution < -0.4 is 10.5 Å². The Bertz CT molecular complexity index is 360. The molecule has 2 N–H and O–H groups in total. The molecule has 108 valence electrons. The molecule has 1 rings (SSSR count). The number of rotatable bonds is 8. The molecule has 0 aromatic heterocycles. The molecular formula is C16H28N2O. The van der Waals surface area contributed by atoms with Crippen LogP contribution >= 0.6 is 0 Å². The van der Waals surface area contributed by atoms with Crippen molar-refractivity contribution >= 4 is 0 Å². The fraction of sp³-hybridized carbons (Fsp3) is 0.625. The number of methoxy groups -OCH3 is 1. The lowest BCUT2D eigenvalue weighted by molar-refractivity contribution is 0.176. The lowest BCUT2D eigenvalue weighted by Crippen LogP contribution is -2.38. The lowest BCUT2D eigenvalue weighted by atomic mass is 9.93. The lowest BCUT2D eigenvalue weighted by Gasteiger charge is -2.31. The Morgan fingerprint density at radius 3 is 2.32 bits per heavy atom. The second-order valence-electron chi connectivity index (χ2n) is 5.93. The summed E-state index contributed by atoms with van der Waals surface area (Å²) in [5.41, 5.74) is 7.33. The summed E-state index contributed by atoms with van der Waals surface area (Å²) in [4.78, 5) is 2.48. The third kappa shape index (κ3) is 5.62. The van der Waals surface area contributed by atoms with Gasteiger partial charge in [-0.25, -0.2) is 0 Å². The van der Waals surface area contributed by atoms with Gasteiger partial charge in [-0.3, -0.25) is 4.90 Å². The average molecular weight is 264 g/mol. The van der Waals surface area contributed by atoms with Crippen molar-refractivity contribution < 1.29 is 4.74 Å². The summed E-state index contributed by atoms with van der Waals surface area (Å²) in [5, 5.41) is 0. The van der Waals surface area contributed by atoms with Crippen LogP contribution in [0.25, 0.3) is 0 Å². The number of hydrogen-bond donors (Lipinski definition) is 1. The summed E-state index contributed by atoms with van der Waals surface area (Å²) in [7, 11) is 1.70. The van der Waals surface area contributed by atoms with Gasteiger partial charge in [0.15, 0.2) is 0 Å². The van der Waals surface area contributed by atoms with Crippen molar-refractivity contribution in [2.24, 2.45) is 11.1 Å². The number of benzene rings is 1. The number of nitrogens with two attached hydrogens (primary N) is 1. The van der Waals surface area contributed by atoms with Crippen molar-refractivity contribution in [1.82, 2.24) is 4.90 Å². The van der Waals surface area contributed by atoms with Crippen molar-refractivity contribution in [3.8, 4) is 5.75 Å². The fourth-order valence-corrected chi connectivity index (χ4v) is 2.19. The van der Waals surface area contributed by atoms with E-state index in [1.165, 1.54) is 5.56 Å². The maximum atomic E-state index is 5.84. The van der Waals surface area contributed by atoms with Crippen LogP contribution in [0.2, 0.25) is 0 Å². The van der Waals surface area contributed by atoms with E-state index in [0.717, 1.165) is 38.3 Å². The van der Waals surface area contributed by atoms with Gasteiger partial charge in [0, 0.05) is 13.1 Å². The van der Waals surface area contributed by atoms with Crippen LogP contribution in [0.1, 0.15) is 32.8 Å². The molecule has 0 bridgehead atoms. The molecule has 0 radical (unpaired) electrons. The minimum absolute atomic E-state index is 0.168. The smallest absolute Gasteiger partial charge is 0.118 e. The van der Waals surface area contributed by atoms with E-state index in [4.69, 9.17) is 10.5 Å². The second kappa shape index (κ2) is 7.51. The zero-order chi connectivity index (χ0) is 14.3. The Balaban J connectivity index is 2.66. The molecule has 0 aliphatic carbocycles. The van der Waals surface area contributed by atoms with Gasteiger partial charge < -0.3 is 10.5 Å². The Labute approximate surface area is 117 Å². The molecule has 0 spiro atoms. The summed E-state index contributed by atoms with van der Waals surface area (Å²) in [5.74, 6) is 0.910. The zero-order valence-corrected chi connectivity index (χ0v) is 12.8. The summed E-state index contributed by atoms with van der Waals surface area (Å²) >= 11 is 0. The van der Waals surface area contributed by atoms with E-state index >= 15 is 0 Å². The number of nitrogens with zero attached hydrogens (tertiary/aromatic N) is 1. The van der Waals surface area contributed by atoms with Crippen molar-refractivity contribution in [1.29, 1.82) is 0 Å². The summed E-state index contributed by atoms with van der Waals surface area (Å²) in [6, 6.07) is 8.31. The molecule has 0 fully saturated rings. The van der Waals surface area contributed by atoms with Crippen LogP contribution in [0.4, 0.5) is 0 Å². The summed E-state index contributed by atoms with van der Waals surface area (Å²) in [6.07, 6.45) is 1.16. The van der Waals surface area contributed by atoms with Gasteiger partial charge in [-0.05, 0) is 42.6 Å². The first-order chi connectivity index (χ1) is 9.00. The van der Waals surface area contributed by atoms with Crippen LogP contribution in [-0.2, 0) is 6.54 Å². The standard InChI is InChI=1S/C16H28N2O/c1-5-10-18(13-16(2,3)12-17)11-14-6-8-15(19-4)9-7-14/h6-9H,5,10-13,17H2,1-4H3. The van der Waals surface area contributed by atoms with Gasteiger partial charge in [-0.1, -0.05) is 32.9 Å². The van der Waals surface area contributed by atoms with E-state index in [0.29, 0.717) is 0 Å². The molecule has 0 aliphatic heterocycles. The van der Waals surface area contributed by atoms with E-state index in [2.05, 4.69) is 37.8 Å².